The van der Waals surface area contributed by atoms with E-state index in [1.807, 2.05) is 6.07 Å². The van der Waals surface area contributed by atoms with Gasteiger partial charge in [-0.25, -0.2) is 0 Å². The molecule has 60 valence electrons. The Hall–Kier alpha value is -1.47. The Bertz CT molecular complexity index is 305. The van der Waals surface area contributed by atoms with Crippen molar-refractivity contribution in [2.75, 3.05) is 0 Å². The van der Waals surface area contributed by atoms with E-state index in [9.17, 15) is 4.79 Å². The zero-order chi connectivity index (χ0) is 8.81. The first kappa shape index (κ1) is 8.62. The van der Waals surface area contributed by atoms with Crippen molar-refractivity contribution in [2.45, 2.75) is 0 Å². The van der Waals surface area contributed by atoms with Gasteiger partial charge in [-0.15, -0.1) is 5.26 Å². The molecule has 1 rings (SSSR count). The zero-order valence-electron chi connectivity index (χ0n) is 6.06. The van der Waals surface area contributed by atoms with Crippen LogP contribution in [0, 0.1) is 11.5 Å². The van der Waals surface area contributed by atoms with Crippen LogP contribution in [-0.2, 0) is 4.18 Å². The monoisotopic (exact) mass is 179 g/mol. The number of rotatable bonds is 2. The van der Waals surface area contributed by atoms with Crippen LogP contribution in [0.5, 0.6) is 0 Å². The second kappa shape index (κ2) is 4.42. The van der Waals surface area contributed by atoms with E-state index in [1.165, 1.54) is 6.26 Å². The average Bonchev–Trinajstić information content (AvgIpc) is 2.15. The van der Waals surface area contributed by atoms with Gasteiger partial charge < -0.3 is 4.18 Å². The molecule has 0 spiro atoms. The van der Waals surface area contributed by atoms with Gasteiger partial charge in [0, 0.05) is 5.56 Å². The van der Waals surface area contributed by atoms with E-state index in [-0.39, 0.29) is 5.12 Å². The topological polar surface area (TPSA) is 50.1 Å². The number of carbonyl (C=O) groups is 1. The third-order valence-corrected chi connectivity index (χ3v) is 1.71. The van der Waals surface area contributed by atoms with Crippen LogP contribution in [0.2, 0.25) is 0 Å². The van der Waals surface area contributed by atoms with Crippen LogP contribution in [0.4, 0.5) is 0 Å². The molecule has 12 heavy (non-hydrogen) atoms. The van der Waals surface area contributed by atoms with Crippen molar-refractivity contribution in [3.63, 3.8) is 0 Å². The molecule has 0 aliphatic carbocycles. The Balaban J connectivity index is 2.61. The predicted molar refractivity (Wildman–Crippen MR) is 45.1 cm³/mol. The van der Waals surface area contributed by atoms with Crippen LogP contribution in [-0.4, -0.2) is 5.12 Å². The van der Waals surface area contributed by atoms with E-state index < -0.39 is 0 Å². The molecule has 0 saturated carbocycles. The Morgan fingerprint density at radius 2 is 2.08 bits per heavy atom. The fraction of sp³-hybridized carbons (Fsp3) is 0. The minimum atomic E-state index is -0.267. The van der Waals surface area contributed by atoms with Crippen LogP contribution in [0.25, 0.3) is 0 Å². The van der Waals surface area contributed by atoms with Crippen molar-refractivity contribution < 1.29 is 8.98 Å². The van der Waals surface area contributed by atoms with Crippen molar-refractivity contribution in [2.24, 2.45) is 0 Å². The van der Waals surface area contributed by atoms with Gasteiger partial charge in [0.25, 0.3) is 11.4 Å². The molecule has 0 aliphatic rings. The highest BCUT2D eigenvalue weighted by Crippen LogP contribution is 2.11. The Labute approximate surface area is 74.2 Å². The molecule has 1 aromatic rings. The number of nitrogens with zero attached hydrogens (tertiary/aromatic N) is 1. The first-order valence-electron chi connectivity index (χ1n) is 3.16. The molecule has 0 bridgehead atoms. The summed E-state index contributed by atoms with van der Waals surface area (Å²) >= 11 is 0.529. The van der Waals surface area contributed by atoms with Crippen LogP contribution in [0.3, 0.4) is 0 Å². The molecule has 3 nitrogen and oxygen atoms in total. The SMILES string of the molecule is N#COSC(=O)c1ccccc1. The van der Waals surface area contributed by atoms with Crippen molar-refractivity contribution in [1.29, 1.82) is 5.26 Å². The predicted octanol–water partition coefficient (Wildman–Crippen LogP) is 1.97. The first-order valence-corrected chi connectivity index (χ1v) is 3.90. The van der Waals surface area contributed by atoms with Gasteiger partial charge in [-0.2, -0.15) is 0 Å². The molecule has 0 fully saturated rings. The average molecular weight is 179 g/mol. The molecule has 0 unspecified atom stereocenters. The summed E-state index contributed by atoms with van der Waals surface area (Å²) in [4.78, 5) is 11.1. The van der Waals surface area contributed by atoms with Crippen LogP contribution < -0.4 is 0 Å². The maximum Gasteiger partial charge on any atom is 0.300 e. The molecule has 4 heteroatoms. The standard InChI is InChI=1S/C8H5NO2S/c9-6-11-12-8(10)7-4-2-1-3-5-7/h1-5H. The van der Waals surface area contributed by atoms with E-state index in [4.69, 9.17) is 5.26 Å². The van der Waals surface area contributed by atoms with Gasteiger partial charge in [0.2, 0.25) is 0 Å². The molecule has 0 atom stereocenters. The maximum absolute atomic E-state index is 11.1. The number of hydrogen-bond acceptors (Lipinski definition) is 4. The van der Waals surface area contributed by atoms with Gasteiger partial charge in [-0.05, 0) is 0 Å². The number of hydrogen-bond donors (Lipinski definition) is 0. The number of benzene rings is 1. The summed E-state index contributed by atoms with van der Waals surface area (Å²) < 4.78 is 4.22. The molecule has 0 heterocycles. The van der Waals surface area contributed by atoms with Crippen LogP contribution >= 0.6 is 12.0 Å². The summed E-state index contributed by atoms with van der Waals surface area (Å²) in [7, 11) is 0. The fourth-order valence-corrected chi connectivity index (χ4v) is 1.02. The molecule has 0 radical (unpaired) electrons. The highest BCUT2D eigenvalue weighted by Gasteiger charge is 2.06. The van der Waals surface area contributed by atoms with Gasteiger partial charge in [-0.1, -0.05) is 30.3 Å². The second-order valence-corrected chi connectivity index (χ2v) is 2.62. The molecule has 0 aliphatic heterocycles. The lowest BCUT2D eigenvalue weighted by Crippen LogP contribution is -1.91. The lowest BCUT2D eigenvalue weighted by molar-refractivity contribution is 0.108. The lowest BCUT2D eigenvalue weighted by Gasteiger charge is -1.94. The normalized spacial score (nSPS) is 8.58. The molecule has 1 aromatic carbocycles. The van der Waals surface area contributed by atoms with Gasteiger partial charge in [0.15, 0.2) is 12.0 Å². The lowest BCUT2D eigenvalue weighted by atomic mass is 10.2. The van der Waals surface area contributed by atoms with E-state index >= 15 is 0 Å². The Morgan fingerprint density at radius 1 is 1.42 bits per heavy atom. The zero-order valence-corrected chi connectivity index (χ0v) is 6.88. The molecule has 0 N–H and O–H groups in total. The van der Waals surface area contributed by atoms with E-state index in [2.05, 4.69) is 4.18 Å². The smallest absolute Gasteiger partial charge is 0.300 e. The van der Waals surface area contributed by atoms with Gasteiger partial charge >= 0.3 is 0 Å². The van der Waals surface area contributed by atoms with Crippen molar-refractivity contribution in [3.8, 4) is 6.26 Å². The van der Waals surface area contributed by atoms with Crippen molar-refractivity contribution in [1.82, 2.24) is 0 Å². The first-order chi connectivity index (χ1) is 5.84. The fourth-order valence-electron chi connectivity index (χ4n) is 0.679. The Kier molecular flexibility index (Phi) is 3.17. The van der Waals surface area contributed by atoms with E-state index in [0.717, 1.165) is 0 Å². The molecular formula is C8H5NO2S. The van der Waals surface area contributed by atoms with Crippen LogP contribution in [0.1, 0.15) is 10.4 Å². The summed E-state index contributed by atoms with van der Waals surface area (Å²) in [6, 6.07) is 8.64. The Morgan fingerprint density at radius 3 is 2.67 bits per heavy atom. The summed E-state index contributed by atoms with van der Waals surface area (Å²) in [5.41, 5.74) is 0.526. The van der Waals surface area contributed by atoms with Gasteiger partial charge in [-0.3, -0.25) is 4.79 Å². The van der Waals surface area contributed by atoms with Gasteiger partial charge in [0.05, 0.1) is 0 Å². The summed E-state index contributed by atoms with van der Waals surface area (Å²) in [5.74, 6) is 0. The van der Waals surface area contributed by atoms with E-state index in [0.29, 0.717) is 17.6 Å². The third kappa shape index (κ3) is 2.29. The minimum absolute atomic E-state index is 0.267. The van der Waals surface area contributed by atoms with Crippen molar-refractivity contribution in [3.05, 3.63) is 35.9 Å². The maximum atomic E-state index is 11.1. The summed E-state index contributed by atoms with van der Waals surface area (Å²) in [6.45, 7) is 0. The molecule has 0 aromatic heterocycles. The molecule has 0 amide bonds. The largest absolute Gasteiger partial charge is 0.344 e. The van der Waals surface area contributed by atoms with Crippen molar-refractivity contribution >= 4 is 17.2 Å². The number of carbonyl (C=O) groups excluding carboxylic acids is 1. The highest BCUT2D eigenvalue weighted by atomic mass is 32.2. The van der Waals surface area contributed by atoms with Gasteiger partial charge in [0.1, 0.15) is 0 Å². The summed E-state index contributed by atoms with van der Waals surface area (Å²) in [6.07, 6.45) is 1.41. The molecular weight excluding hydrogens is 174 g/mol. The number of nitriles is 1. The highest BCUT2D eigenvalue weighted by molar-refractivity contribution is 8.10. The molecule has 0 saturated heterocycles. The third-order valence-electron chi connectivity index (χ3n) is 1.16. The summed E-state index contributed by atoms with van der Waals surface area (Å²) in [5, 5.41) is 7.75. The quantitative estimate of drug-likeness (QED) is 0.514. The minimum Gasteiger partial charge on any atom is -0.344 e. The van der Waals surface area contributed by atoms with Crippen LogP contribution in [0.15, 0.2) is 30.3 Å². The van der Waals surface area contributed by atoms with E-state index in [1.54, 1.807) is 24.3 Å². The second-order valence-electron chi connectivity index (χ2n) is 1.91.